The van der Waals surface area contributed by atoms with Gasteiger partial charge in [0, 0.05) is 30.9 Å². The monoisotopic (exact) mass is 262 g/mol. The van der Waals surface area contributed by atoms with Crippen LogP contribution in [0.5, 0.6) is 0 Å². The van der Waals surface area contributed by atoms with Gasteiger partial charge in [0.1, 0.15) is 0 Å². The van der Waals surface area contributed by atoms with E-state index in [4.69, 9.17) is 0 Å². The summed E-state index contributed by atoms with van der Waals surface area (Å²) in [5.41, 5.74) is 4.21. The molecule has 0 bridgehead atoms. The Labute approximate surface area is 119 Å². The minimum absolute atomic E-state index is 0.149. The Balaban J connectivity index is 2.97. The maximum atomic E-state index is 3.59. The number of hydrogen-bond donors (Lipinski definition) is 1. The number of hydrogen-bond acceptors (Lipinski definition) is 2. The fourth-order valence-corrected chi connectivity index (χ4v) is 2.07. The molecule has 1 rings (SSSR count). The van der Waals surface area contributed by atoms with Crippen molar-refractivity contribution in [3.05, 3.63) is 29.3 Å². The Morgan fingerprint density at radius 1 is 1.26 bits per heavy atom. The molecule has 0 aliphatic carbocycles. The van der Waals surface area contributed by atoms with Crippen molar-refractivity contribution in [3.8, 4) is 0 Å². The highest BCUT2D eigenvalue weighted by Gasteiger charge is 2.14. The summed E-state index contributed by atoms with van der Waals surface area (Å²) in [4.78, 5) is 2.39. The third-order valence-corrected chi connectivity index (χ3v) is 3.68. The van der Waals surface area contributed by atoms with Crippen molar-refractivity contribution in [1.29, 1.82) is 0 Å². The number of benzene rings is 1. The highest BCUT2D eigenvalue weighted by Crippen LogP contribution is 2.24. The molecule has 0 aliphatic heterocycles. The van der Waals surface area contributed by atoms with E-state index in [9.17, 15) is 0 Å². The van der Waals surface area contributed by atoms with Crippen LogP contribution in [0.15, 0.2) is 18.2 Å². The lowest BCUT2D eigenvalue weighted by molar-refractivity contribution is 0.424. The molecule has 0 amide bonds. The van der Waals surface area contributed by atoms with Crippen LogP contribution in [0.25, 0.3) is 0 Å². The molecule has 19 heavy (non-hydrogen) atoms. The molecule has 1 unspecified atom stereocenters. The summed E-state index contributed by atoms with van der Waals surface area (Å²) in [5.74, 6) is 0. The molecule has 108 valence electrons. The Morgan fingerprint density at radius 3 is 2.42 bits per heavy atom. The van der Waals surface area contributed by atoms with Crippen molar-refractivity contribution >= 4 is 5.69 Å². The Bertz CT molecular complexity index is 404. The van der Waals surface area contributed by atoms with Crippen molar-refractivity contribution in [3.63, 3.8) is 0 Å². The van der Waals surface area contributed by atoms with E-state index in [2.05, 4.69) is 77.0 Å². The van der Waals surface area contributed by atoms with Gasteiger partial charge in [-0.25, -0.2) is 0 Å². The fourth-order valence-electron chi connectivity index (χ4n) is 2.07. The van der Waals surface area contributed by atoms with Crippen LogP contribution in [0.1, 0.15) is 52.2 Å². The van der Waals surface area contributed by atoms with Gasteiger partial charge in [-0.3, -0.25) is 0 Å². The van der Waals surface area contributed by atoms with Crippen molar-refractivity contribution in [2.75, 3.05) is 11.9 Å². The summed E-state index contributed by atoms with van der Waals surface area (Å²) in [6, 6.07) is 7.32. The zero-order valence-electron chi connectivity index (χ0n) is 13.7. The largest absolute Gasteiger partial charge is 0.372 e. The molecule has 2 heteroatoms. The van der Waals surface area contributed by atoms with Gasteiger partial charge in [0.2, 0.25) is 0 Å². The molecule has 2 nitrogen and oxygen atoms in total. The summed E-state index contributed by atoms with van der Waals surface area (Å²) in [6.07, 6.45) is 1.16. The number of nitrogens with one attached hydrogen (secondary N) is 1. The minimum Gasteiger partial charge on any atom is -0.372 e. The number of anilines is 1. The summed E-state index contributed by atoms with van der Waals surface area (Å²) in [6.45, 7) is 14.2. The molecular formula is C17H30N2. The Hall–Kier alpha value is -1.02. The standard InChI is InChI=1S/C17H30N2/c1-8-14(3)19(7)16-10-9-13(2)11-15(16)12-18-17(4,5)6/h9-11,14,18H,8,12H2,1-7H3. The molecule has 0 saturated carbocycles. The lowest BCUT2D eigenvalue weighted by Crippen LogP contribution is -2.36. The first-order valence-corrected chi connectivity index (χ1v) is 7.32. The van der Waals surface area contributed by atoms with Crippen LogP contribution in [0, 0.1) is 6.92 Å². The highest BCUT2D eigenvalue weighted by molar-refractivity contribution is 5.55. The smallest absolute Gasteiger partial charge is 0.0411 e. The van der Waals surface area contributed by atoms with E-state index >= 15 is 0 Å². The molecule has 0 aromatic heterocycles. The highest BCUT2D eigenvalue weighted by atomic mass is 15.1. The molecule has 0 spiro atoms. The normalized spacial score (nSPS) is 13.4. The van der Waals surface area contributed by atoms with Gasteiger partial charge in [0.05, 0.1) is 0 Å². The predicted molar refractivity (Wildman–Crippen MR) is 85.9 cm³/mol. The third kappa shape index (κ3) is 4.87. The lowest BCUT2D eigenvalue weighted by atomic mass is 10.0. The van der Waals surface area contributed by atoms with Crippen molar-refractivity contribution in [1.82, 2.24) is 5.32 Å². The first kappa shape index (κ1) is 16.0. The number of rotatable bonds is 5. The van der Waals surface area contributed by atoms with E-state index in [-0.39, 0.29) is 5.54 Å². The van der Waals surface area contributed by atoms with Gasteiger partial charge in [0.15, 0.2) is 0 Å². The summed E-state index contributed by atoms with van der Waals surface area (Å²) in [7, 11) is 2.19. The molecule has 0 saturated heterocycles. The average molecular weight is 262 g/mol. The van der Waals surface area contributed by atoms with Gasteiger partial charge in [0.25, 0.3) is 0 Å². The zero-order chi connectivity index (χ0) is 14.6. The topological polar surface area (TPSA) is 15.3 Å². The van der Waals surface area contributed by atoms with Crippen LogP contribution in [0.4, 0.5) is 5.69 Å². The maximum absolute atomic E-state index is 3.59. The van der Waals surface area contributed by atoms with E-state index in [0.29, 0.717) is 6.04 Å². The molecule has 0 heterocycles. The first-order chi connectivity index (χ1) is 8.74. The van der Waals surface area contributed by atoms with Gasteiger partial charge in [-0.2, -0.15) is 0 Å². The molecular weight excluding hydrogens is 232 g/mol. The van der Waals surface area contributed by atoms with E-state index < -0.39 is 0 Å². The van der Waals surface area contributed by atoms with E-state index in [1.54, 1.807) is 0 Å². The lowest BCUT2D eigenvalue weighted by Gasteiger charge is -2.30. The third-order valence-electron chi connectivity index (χ3n) is 3.68. The van der Waals surface area contributed by atoms with Gasteiger partial charge in [-0.1, -0.05) is 24.6 Å². The summed E-state index contributed by atoms with van der Waals surface area (Å²) in [5, 5.41) is 3.59. The van der Waals surface area contributed by atoms with Crippen LogP contribution >= 0.6 is 0 Å². The first-order valence-electron chi connectivity index (χ1n) is 7.32. The van der Waals surface area contributed by atoms with Gasteiger partial charge >= 0.3 is 0 Å². The zero-order valence-corrected chi connectivity index (χ0v) is 13.7. The van der Waals surface area contributed by atoms with E-state index in [1.807, 2.05) is 0 Å². The second kappa shape index (κ2) is 6.42. The average Bonchev–Trinajstić information content (AvgIpc) is 2.34. The number of nitrogens with zero attached hydrogens (tertiary/aromatic N) is 1. The quantitative estimate of drug-likeness (QED) is 0.859. The Morgan fingerprint density at radius 2 is 1.89 bits per heavy atom. The van der Waals surface area contributed by atoms with Crippen LogP contribution in [-0.2, 0) is 6.54 Å². The number of aryl methyl sites for hydroxylation is 1. The van der Waals surface area contributed by atoms with Crippen LogP contribution in [-0.4, -0.2) is 18.6 Å². The fraction of sp³-hybridized carbons (Fsp3) is 0.647. The maximum Gasteiger partial charge on any atom is 0.0411 e. The van der Waals surface area contributed by atoms with Crippen LogP contribution < -0.4 is 10.2 Å². The molecule has 1 N–H and O–H groups in total. The molecule has 1 aromatic rings. The molecule has 0 aliphatic rings. The van der Waals surface area contributed by atoms with Crippen LogP contribution in [0.3, 0.4) is 0 Å². The van der Waals surface area contributed by atoms with Gasteiger partial charge in [-0.05, 0) is 52.7 Å². The van der Waals surface area contributed by atoms with Crippen LogP contribution in [0.2, 0.25) is 0 Å². The van der Waals surface area contributed by atoms with E-state index in [1.165, 1.54) is 16.8 Å². The van der Waals surface area contributed by atoms with Crippen molar-refractivity contribution < 1.29 is 0 Å². The molecule has 0 radical (unpaired) electrons. The SMILES string of the molecule is CCC(C)N(C)c1ccc(C)cc1CNC(C)(C)C. The second-order valence-corrected chi connectivity index (χ2v) is 6.60. The molecule has 0 fully saturated rings. The Kier molecular flexibility index (Phi) is 5.42. The minimum atomic E-state index is 0.149. The summed E-state index contributed by atoms with van der Waals surface area (Å²) < 4.78 is 0. The van der Waals surface area contributed by atoms with Gasteiger partial charge in [-0.15, -0.1) is 0 Å². The van der Waals surface area contributed by atoms with Gasteiger partial charge < -0.3 is 10.2 Å². The molecule has 1 aromatic carbocycles. The van der Waals surface area contributed by atoms with E-state index in [0.717, 1.165) is 13.0 Å². The second-order valence-electron chi connectivity index (χ2n) is 6.60. The van der Waals surface area contributed by atoms with Crippen molar-refractivity contribution in [2.24, 2.45) is 0 Å². The van der Waals surface area contributed by atoms with Crippen molar-refractivity contribution in [2.45, 2.75) is 66.1 Å². The summed E-state index contributed by atoms with van der Waals surface area (Å²) >= 11 is 0. The predicted octanol–water partition coefficient (Wildman–Crippen LogP) is 4.12. The molecule has 1 atom stereocenters.